The van der Waals surface area contributed by atoms with Crippen molar-refractivity contribution in [3.05, 3.63) is 17.6 Å². The van der Waals surface area contributed by atoms with E-state index in [-0.39, 0.29) is 12.0 Å². The van der Waals surface area contributed by atoms with Crippen LogP contribution in [0.2, 0.25) is 0 Å². The van der Waals surface area contributed by atoms with Gasteiger partial charge in [0.15, 0.2) is 6.10 Å². The SMILES string of the molecule is Cc1cc(N2CCOC(C(=O)N3CCCC3)C2)nc(C)n1. The van der Waals surface area contributed by atoms with Gasteiger partial charge in [0, 0.05) is 31.4 Å². The lowest BCUT2D eigenvalue weighted by atomic mass is 10.2. The summed E-state index contributed by atoms with van der Waals surface area (Å²) in [7, 11) is 0. The van der Waals surface area contributed by atoms with Crippen LogP contribution < -0.4 is 4.90 Å². The molecule has 1 aromatic rings. The molecule has 1 amide bonds. The van der Waals surface area contributed by atoms with E-state index >= 15 is 0 Å². The van der Waals surface area contributed by atoms with Crippen LogP contribution in [0, 0.1) is 13.8 Å². The Morgan fingerprint density at radius 2 is 2.00 bits per heavy atom. The van der Waals surface area contributed by atoms with Crippen molar-refractivity contribution in [3.63, 3.8) is 0 Å². The lowest BCUT2D eigenvalue weighted by Crippen LogP contribution is -2.50. The molecule has 3 heterocycles. The average molecular weight is 290 g/mol. The highest BCUT2D eigenvalue weighted by Gasteiger charge is 2.32. The molecule has 0 radical (unpaired) electrons. The van der Waals surface area contributed by atoms with Gasteiger partial charge >= 0.3 is 0 Å². The van der Waals surface area contributed by atoms with Gasteiger partial charge in [0.1, 0.15) is 11.6 Å². The van der Waals surface area contributed by atoms with Gasteiger partial charge < -0.3 is 14.5 Å². The third-order valence-electron chi connectivity index (χ3n) is 4.04. The number of morpholine rings is 1. The number of hydrogen-bond donors (Lipinski definition) is 0. The van der Waals surface area contributed by atoms with Crippen LogP contribution >= 0.6 is 0 Å². The van der Waals surface area contributed by atoms with Gasteiger partial charge in [-0.2, -0.15) is 0 Å². The van der Waals surface area contributed by atoms with E-state index in [1.807, 2.05) is 24.8 Å². The molecule has 0 aromatic carbocycles. The zero-order chi connectivity index (χ0) is 14.8. The van der Waals surface area contributed by atoms with Gasteiger partial charge in [-0.1, -0.05) is 0 Å². The van der Waals surface area contributed by atoms with Gasteiger partial charge in [0.2, 0.25) is 0 Å². The Bertz CT molecular complexity index is 508. The number of anilines is 1. The summed E-state index contributed by atoms with van der Waals surface area (Å²) < 4.78 is 5.69. The fourth-order valence-electron chi connectivity index (χ4n) is 3.01. The number of carbonyl (C=O) groups is 1. The minimum absolute atomic E-state index is 0.125. The van der Waals surface area contributed by atoms with Crippen molar-refractivity contribution in [1.29, 1.82) is 0 Å². The van der Waals surface area contributed by atoms with Crippen LogP contribution in [0.5, 0.6) is 0 Å². The highest BCUT2D eigenvalue weighted by atomic mass is 16.5. The summed E-state index contributed by atoms with van der Waals surface area (Å²) >= 11 is 0. The summed E-state index contributed by atoms with van der Waals surface area (Å²) in [5.41, 5.74) is 0.950. The maximum Gasteiger partial charge on any atom is 0.253 e. The second-order valence-electron chi connectivity index (χ2n) is 5.75. The summed E-state index contributed by atoms with van der Waals surface area (Å²) in [5.74, 6) is 1.78. The van der Waals surface area contributed by atoms with Crippen molar-refractivity contribution in [1.82, 2.24) is 14.9 Å². The molecule has 2 fully saturated rings. The highest BCUT2D eigenvalue weighted by molar-refractivity contribution is 5.82. The number of likely N-dealkylation sites (tertiary alicyclic amines) is 1. The molecule has 1 atom stereocenters. The Hall–Kier alpha value is -1.69. The number of rotatable bonds is 2. The number of amides is 1. The van der Waals surface area contributed by atoms with Gasteiger partial charge in [0.25, 0.3) is 5.91 Å². The van der Waals surface area contributed by atoms with Crippen molar-refractivity contribution < 1.29 is 9.53 Å². The van der Waals surface area contributed by atoms with E-state index in [2.05, 4.69) is 14.9 Å². The molecule has 3 rings (SSSR count). The summed E-state index contributed by atoms with van der Waals surface area (Å²) in [5, 5.41) is 0. The average Bonchev–Trinajstić information content (AvgIpc) is 3.00. The molecule has 0 spiro atoms. The van der Waals surface area contributed by atoms with E-state index in [9.17, 15) is 4.79 Å². The molecule has 114 valence electrons. The first-order chi connectivity index (χ1) is 10.1. The van der Waals surface area contributed by atoms with Gasteiger partial charge in [-0.05, 0) is 26.7 Å². The number of ether oxygens (including phenoxy) is 1. The highest BCUT2D eigenvalue weighted by Crippen LogP contribution is 2.19. The lowest BCUT2D eigenvalue weighted by Gasteiger charge is -2.34. The third-order valence-corrected chi connectivity index (χ3v) is 4.04. The molecule has 21 heavy (non-hydrogen) atoms. The maximum atomic E-state index is 12.5. The van der Waals surface area contributed by atoms with Gasteiger partial charge in [-0.15, -0.1) is 0 Å². The molecule has 0 N–H and O–H groups in total. The van der Waals surface area contributed by atoms with E-state index in [0.29, 0.717) is 13.2 Å². The van der Waals surface area contributed by atoms with E-state index in [4.69, 9.17) is 4.74 Å². The van der Waals surface area contributed by atoms with Crippen molar-refractivity contribution >= 4 is 11.7 Å². The predicted molar refractivity (Wildman–Crippen MR) is 79.3 cm³/mol. The van der Waals surface area contributed by atoms with Crippen molar-refractivity contribution in [2.24, 2.45) is 0 Å². The first-order valence-electron chi connectivity index (χ1n) is 7.61. The standard InChI is InChI=1S/C15H22N4O2/c1-11-9-14(17-12(2)16-11)19-7-8-21-13(10-19)15(20)18-5-3-4-6-18/h9,13H,3-8,10H2,1-2H3. The van der Waals surface area contributed by atoms with E-state index in [0.717, 1.165) is 49.8 Å². The Balaban J connectivity index is 1.71. The normalized spacial score (nSPS) is 22.7. The Morgan fingerprint density at radius 1 is 1.24 bits per heavy atom. The van der Waals surface area contributed by atoms with Crippen LogP contribution in [0.4, 0.5) is 5.82 Å². The van der Waals surface area contributed by atoms with Crippen molar-refractivity contribution in [2.45, 2.75) is 32.8 Å². The number of aromatic nitrogens is 2. The predicted octanol–water partition coefficient (Wildman–Crippen LogP) is 0.921. The molecule has 0 saturated carbocycles. The fourth-order valence-corrected chi connectivity index (χ4v) is 3.01. The Labute approximate surface area is 125 Å². The summed E-state index contributed by atoms with van der Waals surface area (Å²) in [6.07, 6.45) is 1.84. The van der Waals surface area contributed by atoms with Gasteiger partial charge in [-0.25, -0.2) is 9.97 Å². The largest absolute Gasteiger partial charge is 0.365 e. The Morgan fingerprint density at radius 3 is 2.71 bits per heavy atom. The van der Waals surface area contributed by atoms with Crippen LogP contribution in [0.1, 0.15) is 24.4 Å². The molecular weight excluding hydrogens is 268 g/mol. The molecule has 0 bridgehead atoms. The smallest absolute Gasteiger partial charge is 0.253 e. The van der Waals surface area contributed by atoms with Crippen LogP contribution in [0.3, 0.4) is 0 Å². The zero-order valence-corrected chi connectivity index (χ0v) is 12.7. The van der Waals surface area contributed by atoms with Crippen LogP contribution in [0.25, 0.3) is 0 Å². The van der Waals surface area contributed by atoms with Crippen LogP contribution in [-0.4, -0.2) is 59.7 Å². The maximum absolute atomic E-state index is 12.5. The molecular formula is C15H22N4O2. The first kappa shape index (κ1) is 14.3. The minimum Gasteiger partial charge on any atom is -0.365 e. The molecule has 1 aromatic heterocycles. The van der Waals surface area contributed by atoms with Crippen LogP contribution in [-0.2, 0) is 9.53 Å². The second kappa shape index (κ2) is 5.97. The van der Waals surface area contributed by atoms with Gasteiger partial charge in [-0.3, -0.25) is 4.79 Å². The zero-order valence-electron chi connectivity index (χ0n) is 12.7. The number of carbonyl (C=O) groups excluding carboxylic acids is 1. The molecule has 2 aliphatic heterocycles. The molecule has 6 nitrogen and oxygen atoms in total. The van der Waals surface area contributed by atoms with Crippen LogP contribution in [0.15, 0.2) is 6.07 Å². The van der Waals surface area contributed by atoms with E-state index in [1.165, 1.54) is 0 Å². The van der Waals surface area contributed by atoms with E-state index < -0.39 is 0 Å². The molecule has 0 aliphatic carbocycles. The second-order valence-corrected chi connectivity index (χ2v) is 5.75. The minimum atomic E-state index is -0.368. The first-order valence-corrected chi connectivity index (χ1v) is 7.61. The number of aryl methyl sites for hydroxylation is 2. The molecule has 2 saturated heterocycles. The van der Waals surface area contributed by atoms with Gasteiger partial charge in [0.05, 0.1) is 13.2 Å². The number of hydrogen-bond acceptors (Lipinski definition) is 5. The quantitative estimate of drug-likeness (QED) is 0.810. The molecule has 1 unspecified atom stereocenters. The third kappa shape index (κ3) is 3.15. The summed E-state index contributed by atoms with van der Waals surface area (Å²) in [6.45, 7) is 7.49. The topological polar surface area (TPSA) is 58.6 Å². The fraction of sp³-hybridized carbons (Fsp3) is 0.667. The Kier molecular flexibility index (Phi) is 4.05. The lowest BCUT2D eigenvalue weighted by molar-refractivity contribution is -0.143. The van der Waals surface area contributed by atoms with Crippen molar-refractivity contribution in [2.75, 3.05) is 37.7 Å². The molecule has 6 heteroatoms. The summed E-state index contributed by atoms with van der Waals surface area (Å²) in [4.78, 5) is 25.3. The summed E-state index contributed by atoms with van der Waals surface area (Å²) in [6, 6.07) is 1.97. The van der Waals surface area contributed by atoms with Crippen molar-refractivity contribution in [3.8, 4) is 0 Å². The monoisotopic (exact) mass is 290 g/mol. The van der Waals surface area contributed by atoms with E-state index in [1.54, 1.807) is 0 Å². The molecule has 2 aliphatic rings. The number of nitrogens with zero attached hydrogens (tertiary/aromatic N) is 4.